The Balaban J connectivity index is 2.41. The summed E-state index contributed by atoms with van der Waals surface area (Å²) in [7, 11) is 1.84. The molecule has 1 aromatic heterocycles. The topological polar surface area (TPSA) is 59.5 Å². The summed E-state index contributed by atoms with van der Waals surface area (Å²) in [4.78, 5) is 14.0. The van der Waals surface area contributed by atoms with E-state index in [4.69, 9.17) is 10.2 Å². The van der Waals surface area contributed by atoms with Crippen LogP contribution in [0, 0.1) is 12.8 Å². The first-order chi connectivity index (χ1) is 8.91. The van der Waals surface area contributed by atoms with E-state index in [0.717, 1.165) is 30.6 Å². The zero-order valence-corrected chi connectivity index (χ0v) is 12.5. The van der Waals surface area contributed by atoms with Crippen LogP contribution < -0.4 is 5.73 Å². The van der Waals surface area contributed by atoms with Crippen LogP contribution in [0.15, 0.2) is 16.7 Å². The lowest BCUT2D eigenvalue weighted by molar-refractivity contribution is -0.134. The second-order valence-electron chi connectivity index (χ2n) is 5.51. The molecule has 4 nitrogen and oxygen atoms in total. The molecule has 2 atom stereocenters. The molecule has 0 aliphatic rings. The Morgan fingerprint density at radius 1 is 1.42 bits per heavy atom. The lowest BCUT2D eigenvalue weighted by Gasteiger charge is -2.21. The van der Waals surface area contributed by atoms with Crippen molar-refractivity contribution in [3.8, 4) is 0 Å². The highest BCUT2D eigenvalue weighted by Gasteiger charge is 2.18. The standard InChI is InChI=1S/C15H26N2O2/c1-11(6-5-7-12(2)16)15(18)17(4)10-14-8-9-19-13(14)3/h8-9,11-12H,5-7,10,16H2,1-4H3. The third-order valence-corrected chi connectivity index (χ3v) is 3.47. The molecule has 19 heavy (non-hydrogen) atoms. The molecule has 1 amide bonds. The molecule has 0 saturated carbocycles. The van der Waals surface area contributed by atoms with E-state index >= 15 is 0 Å². The Kier molecular flexibility index (Phi) is 6.09. The summed E-state index contributed by atoms with van der Waals surface area (Å²) >= 11 is 0. The van der Waals surface area contributed by atoms with Crippen molar-refractivity contribution in [2.75, 3.05) is 7.05 Å². The van der Waals surface area contributed by atoms with Crippen LogP contribution in [0.5, 0.6) is 0 Å². The van der Waals surface area contributed by atoms with Crippen molar-refractivity contribution in [1.29, 1.82) is 0 Å². The van der Waals surface area contributed by atoms with Crippen LogP contribution in [0.4, 0.5) is 0 Å². The van der Waals surface area contributed by atoms with Gasteiger partial charge in [0.15, 0.2) is 0 Å². The van der Waals surface area contributed by atoms with E-state index in [-0.39, 0.29) is 17.9 Å². The average Bonchev–Trinajstić information content (AvgIpc) is 2.73. The van der Waals surface area contributed by atoms with E-state index in [0.29, 0.717) is 6.54 Å². The van der Waals surface area contributed by atoms with Crippen molar-refractivity contribution >= 4 is 5.91 Å². The van der Waals surface area contributed by atoms with Gasteiger partial charge in [-0.25, -0.2) is 0 Å². The van der Waals surface area contributed by atoms with Crippen LogP contribution in [-0.2, 0) is 11.3 Å². The third kappa shape index (κ3) is 5.07. The number of nitrogens with two attached hydrogens (primary N) is 1. The molecule has 0 aromatic carbocycles. The zero-order valence-electron chi connectivity index (χ0n) is 12.5. The summed E-state index contributed by atoms with van der Waals surface area (Å²) in [5, 5.41) is 0. The van der Waals surface area contributed by atoms with Crippen molar-refractivity contribution in [3.05, 3.63) is 23.7 Å². The Morgan fingerprint density at radius 3 is 2.63 bits per heavy atom. The van der Waals surface area contributed by atoms with E-state index in [1.54, 1.807) is 11.2 Å². The lowest BCUT2D eigenvalue weighted by atomic mass is 10.0. The summed E-state index contributed by atoms with van der Waals surface area (Å²) < 4.78 is 5.24. The summed E-state index contributed by atoms with van der Waals surface area (Å²) in [6.45, 7) is 6.51. The van der Waals surface area contributed by atoms with Gasteiger partial charge in [-0.2, -0.15) is 0 Å². The second-order valence-corrected chi connectivity index (χ2v) is 5.51. The Morgan fingerprint density at radius 2 is 2.11 bits per heavy atom. The van der Waals surface area contributed by atoms with E-state index in [1.165, 1.54) is 0 Å². The highest BCUT2D eigenvalue weighted by Crippen LogP contribution is 2.15. The summed E-state index contributed by atoms with van der Waals surface area (Å²) in [5.41, 5.74) is 6.78. The first-order valence-electron chi connectivity index (χ1n) is 6.95. The molecule has 1 aromatic rings. The highest BCUT2D eigenvalue weighted by atomic mass is 16.3. The molecule has 1 heterocycles. The Bertz CT molecular complexity index is 399. The maximum absolute atomic E-state index is 12.2. The number of hydrogen-bond acceptors (Lipinski definition) is 3. The second kappa shape index (κ2) is 7.34. The first-order valence-corrected chi connectivity index (χ1v) is 6.95. The molecule has 4 heteroatoms. The van der Waals surface area contributed by atoms with Gasteiger partial charge in [0.1, 0.15) is 5.76 Å². The minimum absolute atomic E-state index is 0.0518. The highest BCUT2D eigenvalue weighted by molar-refractivity contribution is 5.78. The fourth-order valence-corrected chi connectivity index (χ4v) is 2.15. The van der Waals surface area contributed by atoms with Gasteiger partial charge in [0.05, 0.1) is 6.26 Å². The van der Waals surface area contributed by atoms with E-state index in [2.05, 4.69) is 0 Å². The first kappa shape index (κ1) is 15.8. The Labute approximate surface area is 116 Å². The minimum atomic E-state index is 0.0518. The number of carbonyl (C=O) groups excluding carboxylic acids is 1. The zero-order chi connectivity index (χ0) is 14.4. The molecule has 0 fully saturated rings. The molecule has 0 radical (unpaired) electrons. The van der Waals surface area contributed by atoms with E-state index < -0.39 is 0 Å². The monoisotopic (exact) mass is 266 g/mol. The Hall–Kier alpha value is -1.29. The summed E-state index contributed by atoms with van der Waals surface area (Å²) in [6, 6.07) is 2.13. The smallest absolute Gasteiger partial charge is 0.225 e. The number of carbonyl (C=O) groups is 1. The number of aryl methyl sites for hydroxylation is 1. The SMILES string of the molecule is Cc1occc1CN(C)C(=O)C(C)CCCC(C)N. The van der Waals surface area contributed by atoms with Gasteiger partial charge in [-0.1, -0.05) is 13.3 Å². The maximum atomic E-state index is 12.2. The molecular formula is C15H26N2O2. The molecule has 0 saturated heterocycles. The fourth-order valence-electron chi connectivity index (χ4n) is 2.15. The van der Waals surface area contributed by atoms with Crippen molar-refractivity contribution in [2.24, 2.45) is 11.7 Å². The number of rotatable bonds is 7. The molecule has 108 valence electrons. The van der Waals surface area contributed by atoms with Crippen LogP contribution in [-0.4, -0.2) is 23.9 Å². The van der Waals surface area contributed by atoms with Gasteiger partial charge in [0, 0.05) is 31.1 Å². The quantitative estimate of drug-likeness (QED) is 0.825. The molecule has 0 bridgehead atoms. The van der Waals surface area contributed by atoms with Gasteiger partial charge in [-0.3, -0.25) is 4.79 Å². The van der Waals surface area contributed by atoms with Gasteiger partial charge in [0.2, 0.25) is 5.91 Å². The fraction of sp³-hybridized carbons (Fsp3) is 0.667. The predicted octanol–water partition coefficient (Wildman–Crippen LogP) is 2.70. The van der Waals surface area contributed by atoms with Crippen LogP contribution in [0.25, 0.3) is 0 Å². The molecule has 1 rings (SSSR count). The van der Waals surface area contributed by atoms with Gasteiger partial charge >= 0.3 is 0 Å². The van der Waals surface area contributed by atoms with Crippen LogP contribution in [0.2, 0.25) is 0 Å². The van der Waals surface area contributed by atoms with E-state index in [9.17, 15) is 4.79 Å². The number of amides is 1. The normalized spacial score (nSPS) is 14.2. The lowest BCUT2D eigenvalue weighted by Crippen LogP contribution is -2.31. The van der Waals surface area contributed by atoms with Crippen molar-refractivity contribution in [1.82, 2.24) is 4.90 Å². The predicted molar refractivity (Wildman–Crippen MR) is 76.6 cm³/mol. The van der Waals surface area contributed by atoms with Crippen molar-refractivity contribution in [3.63, 3.8) is 0 Å². The molecule has 2 unspecified atom stereocenters. The summed E-state index contributed by atoms with van der Waals surface area (Å²) in [5.74, 6) is 1.12. The van der Waals surface area contributed by atoms with Gasteiger partial charge < -0.3 is 15.1 Å². The number of hydrogen-bond donors (Lipinski definition) is 1. The third-order valence-electron chi connectivity index (χ3n) is 3.47. The van der Waals surface area contributed by atoms with E-state index in [1.807, 2.05) is 33.9 Å². The average molecular weight is 266 g/mol. The van der Waals surface area contributed by atoms with Gasteiger partial charge in [0.25, 0.3) is 0 Å². The molecule has 2 N–H and O–H groups in total. The minimum Gasteiger partial charge on any atom is -0.469 e. The van der Waals surface area contributed by atoms with Crippen molar-refractivity contribution < 1.29 is 9.21 Å². The van der Waals surface area contributed by atoms with Crippen LogP contribution in [0.3, 0.4) is 0 Å². The number of nitrogens with zero attached hydrogens (tertiary/aromatic N) is 1. The van der Waals surface area contributed by atoms with Gasteiger partial charge in [-0.15, -0.1) is 0 Å². The number of furan rings is 1. The maximum Gasteiger partial charge on any atom is 0.225 e. The van der Waals surface area contributed by atoms with Crippen LogP contribution >= 0.6 is 0 Å². The molecule has 0 spiro atoms. The molecule has 0 aliphatic heterocycles. The van der Waals surface area contributed by atoms with Crippen molar-refractivity contribution in [2.45, 2.75) is 52.6 Å². The molecular weight excluding hydrogens is 240 g/mol. The van der Waals surface area contributed by atoms with Crippen LogP contribution in [0.1, 0.15) is 44.4 Å². The molecule has 0 aliphatic carbocycles. The van der Waals surface area contributed by atoms with Gasteiger partial charge in [-0.05, 0) is 32.8 Å². The largest absolute Gasteiger partial charge is 0.469 e. The summed E-state index contributed by atoms with van der Waals surface area (Å²) in [6.07, 6.45) is 4.54.